The zero-order valence-corrected chi connectivity index (χ0v) is 9.57. The van der Waals surface area contributed by atoms with Crippen molar-refractivity contribution in [2.24, 2.45) is 7.05 Å². The van der Waals surface area contributed by atoms with Crippen LogP contribution in [0.4, 0.5) is 0 Å². The summed E-state index contributed by atoms with van der Waals surface area (Å²) in [5, 5.41) is 6.11. The highest BCUT2D eigenvalue weighted by atomic mass is 16.2. The fourth-order valence-electron chi connectivity index (χ4n) is 1.97. The molecule has 0 aromatic carbocycles. The number of aryl methyl sites for hydroxylation is 1. The van der Waals surface area contributed by atoms with Crippen LogP contribution in [-0.2, 0) is 18.3 Å². The first-order valence-corrected chi connectivity index (χ1v) is 5.74. The van der Waals surface area contributed by atoms with E-state index in [1.165, 1.54) is 0 Å². The molecule has 1 aromatic heterocycles. The maximum absolute atomic E-state index is 11.7. The van der Waals surface area contributed by atoms with Crippen molar-refractivity contribution in [3.63, 3.8) is 0 Å². The van der Waals surface area contributed by atoms with Crippen LogP contribution >= 0.6 is 0 Å². The first kappa shape index (κ1) is 11.1. The Morgan fingerprint density at radius 1 is 1.75 bits per heavy atom. The maximum atomic E-state index is 11.7. The van der Waals surface area contributed by atoms with Gasteiger partial charge in [0.15, 0.2) is 0 Å². The summed E-state index contributed by atoms with van der Waals surface area (Å²) in [6.07, 6.45) is 6.51. The summed E-state index contributed by atoms with van der Waals surface area (Å²) in [4.78, 5) is 15.9. The molecule has 16 heavy (non-hydrogen) atoms. The van der Waals surface area contributed by atoms with Crippen molar-refractivity contribution in [1.82, 2.24) is 20.2 Å². The summed E-state index contributed by atoms with van der Waals surface area (Å²) in [6.45, 7) is 1.61. The van der Waals surface area contributed by atoms with Gasteiger partial charge in [-0.25, -0.2) is 4.98 Å². The smallest absolute Gasteiger partial charge is 0.237 e. The van der Waals surface area contributed by atoms with E-state index in [0.29, 0.717) is 6.54 Å². The topological polar surface area (TPSA) is 59.0 Å². The minimum Gasteiger partial charge on any atom is -0.354 e. The van der Waals surface area contributed by atoms with E-state index in [0.717, 1.165) is 31.6 Å². The Kier molecular flexibility index (Phi) is 3.56. The SMILES string of the molecule is Cn1ccnc1CCNC(=O)[C@H]1CCCN1. The zero-order valence-electron chi connectivity index (χ0n) is 9.57. The summed E-state index contributed by atoms with van der Waals surface area (Å²) >= 11 is 0. The predicted octanol–water partition coefficient (Wildman–Crippen LogP) is -0.169. The molecular formula is C11H18N4O. The minimum atomic E-state index is 0.0152. The standard InChI is InChI=1S/C11H18N4O/c1-15-8-7-13-10(15)4-6-14-11(16)9-3-2-5-12-9/h7-9,12H,2-6H2,1H3,(H,14,16)/t9-/m1/s1. The summed E-state index contributed by atoms with van der Waals surface area (Å²) in [6, 6.07) is 0.0152. The van der Waals surface area contributed by atoms with E-state index in [9.17, 15) is 4.79 Å². The number of hydrogen-bond acceptors (Lipinski definition) is 3. The summed E-state index contributed by atoms with van der Waals surface area (Å²) in [5.74, 6) is 1.12. The lowest BCUT2D eigenvalue weighted by Crippen LogP contribution is -2.41. The first-order valence-electron chi connectivity index (χ1n) is 5.74. The van der Waals surface area contributed by atoms with Gasteiger partial charge in [0, 0.05) is 32.4 Å². The molecule has 0 saturated carbocycles. The number of carbonyl (C=O) groups excluding carboxylic acids is 1. The number of rotatable bonds is 4. The third-order valence-electron chi connectivity index (χ3n) is 2.95. The summed E-state index contributed by atoms with van der Waals surface area (Å²) < 4.78 is 1.97. The van der Waals surface area contributed by atoms with Crippen molar-refractivity contribution >= 4 is 5.91 Å². The molecule has 2 N–H and O–H groups in total. The third kappa shape index (κ3) is 2.61. The van der Waals surface area contributed by atoms with E-state index < -0.39 is 0 Å². The maximum Gasteiger partial charge on any atom is 0.237 e. The fourth-order valence-corrected chi connectivity index (χ4v) is 1.97. The van der Waals surface area contributed by atoms with Crippen LogP contribution in [-0.4, -0.2) is 34.6 Å². The average molecular weight is 222 g/mol. The number of hydrogen-bond donors (Lipinski definition) is 2. The number of nitrogens with zero attached hydrogens (tertiary/aromatic N) is 2. The summed E-state index contributed by atoms with van der Waals surface area (Å²) in [7, 11) is 1.96. The third-order valence-corrected chi connectivity index (χ3v) is 2.95. The number of aromatic nitrogens is 2. The second kappa shape index (κ2) is 5.12. The van der Waals surface area contributed by atoms with Crippen molar-refractivity contribution in [2.75, 3.05) is 13.1 Å². The first-order chi connectivity index (χ1) is 7.77. The van der Waals surface area contributed by atoms with Gasteiger partial charge in [0.2, 0.25) is 5.91 Å². The van der Waals surface area contributed by atoms with E-state index in [1.54, 1.807) is 6.20 Å². The second-order valence-corrected chi connectivity index (χ2v) is 4.14. The Morgan fingerprint density at radius 2 is 2.62 bits per heavy atom. The van der Waals surface area contributed by atoms with Crippen LogP contribution < -0.4 is 10.6 Å². The highest BCUT2D eigenvalue weighted by Gasteiger charge is 2.21. The largest absolute Gasteiger partial charge is 0.354 e. The lowest BCUT2D eigenvalue weighted by molar-refractivity contribution is -0.122. The molecule has 1 amide bonds. The monoisotopic (exact) mass is 222 g/mol. The molecule has 1 aromatic rings. The van der Waals surface area contributed by atoms with Crippen molar-refractivity contribution in [1.29, 1.82) is 0 Å². The number of nitrogens with one attached hydrogen (secondary N) is 2. The van der Waals surface area contributed by atoms with Crippen LogP contribution in [0.5, 0.6) is 0 Å². The molecule has 0 unspecified atom stereocenters. The number of amides is 1. The Morgan fingerprint density at radius 3 is 3.25 bits per heavy atom. The Balaban J connectivity index is 1.71. The van der Waals surface area contributed by atoms with Crippen LogP contribution in [0.25, 0.3) is 0 Å². The quantitative estimate of drug-likeness (QED) is 0.743. The second-order valence-electron chi connectivity index (χ2n) is 4.14. The molecule has 2 rings (SSSR count). The van der Waals surface area contributed by atoms with Crippen LogP contribution in [0.15, 0.2) is 12.4 Å². The lowest BCUT2D eigenvalue weighted by atomic mass is 10.2. The van der Waals surface area contributed by atoms with Crippen LogP contribution in [0.1, 0.15) is 18.7 Å². The average Bonchev–Trinajstić information content (AvgIpc) is 2.90. The van der Waals surface area contributed by atoms with Gasteiger partial charge >= 0.3 is 0 Å². The molecule has 0 aliphatic carbocycles. The lowest BCUT2D eigenvalue weighted by Gasteiger charge is -2.10. The van der Waals surface area contributed by atoms with E-state index in [-0.39, 0.29) is 11.9 Å². The van der Waals surface area contributed by atoms with Gasteiger partial charge in [-0.05, 0) is 19.4 Å². The van der Waals surface area contributed by atoms with Crippen molar-refractivity contribution < 1.29 is 4.79 Å². The van der Waals surface area contributed by atoms with Gasteiger partial charge in [-0.3, -0.25) is 4.79 Å². The van der Waals surface area contributed by atoms with Crippen molar-refractivity contribution in [3.8, 4) is 0 Å². The van der Waals surface area contributed by atoms with Gasteiger partial charge < -0.3 is 15.2 Å². The van der Waals surface area contributed by atoms with E-state index in [1.807, 2.05) is 17.8 Å². The molecular weight excluding hydrogens is 204 g/mol. The minimum absolute atomic E-state index is 0.0152. The van der Waals surface area contributed by atoms with Gasteiger partial charge in [-0.1, -0.05) is 0 Å². The molecule has 0 bridgehead atoms. The Bertz CT molecular complexity index is 355. The highest BCUT2D eigenvalue weighted by Crippen LogP contribution is 2.04. The van der Waals surface area contributed by atoms with Crippen LogP contribution in [0, 0.1) is 0 Å². The normalized spacial score (nSPS) is 19.9. The van der Waals surface area contributed by atoms with Crippen LogP contribution in [0.2, 0.25) is 0 Å². The van der Waals surface area contributed by atoms with Gasteiger partial charge in [-0.2, -0.15) is 0 Å². The highest BCUT2D eigenvalue weighted by molar-refractivity contribution is 5.81. The van der Waals surface area contributed by atoms with Gasteiger partial charge in [0.1, 0.15) is 5.82 Å². The van der Waals surface area contributed by atoms with E-state index in [4.69, 9.17) is 0 Å². The van der Waals surface area contributed by atoms with Crippen molar-refractivity contribution in [3.05, 3.63) is 18.2 Å². The molecule has 0 spiro atoms. The fraction of sp³-hybridized carbons (Fsp3) is 0.636. The number of carbonyl (C=O) groups is 1. The summed E-state index contributed by atoms with van der Waals surface area (Å²) in [5.41, 5.74) is 0. The van der Waals surface area contributed by atoms with E-state index >= 15 is 0 Å². The molecule has 1 aliphatic heterocycles. The molecule has 2 heterocycles. The van der Waals surface area contributed by atoms with E-state index in [2.05, 4.69) is 15.6 Å². The molecule has 1 fully saturated rings. The van der Waals surface area contributed by atoms with Crippen LogP contribution in [0.3, 0.4) is 0 Å². The zero-order chi connectivity index (χ0) is 11.4. The predicted molar refractivity (Wildman–Crippen MR) is 60.9 cm³/mol. The molecule has 0 radical (unpaired) electrons. The Hall–Kier alpha value is -1.36. The molecule has 1 atom stereocenters. The van der Waals surface area contributed by atoms with Gasteiger partial charge in [0.25, 0.3) is 0 Å². The number of imidazole rings is 1. The van der Waals surface area contributed by atoms with Crippen molar-refractivity contribution in [2.45, 2.75) is 25.3 Å². The molecule has 1 aliphatic rings. The molecule has 5 heteroatoms. The molecule has 5 nitrogen and oxygen atoms in total. The molecule has 88 valence electrons. The Labute approximate surface area is 95.2 Å². The van der Waals surface area contributed by atoms with Gasteiger partial charge in [0.05, 0.1) is 6.04 Å². The molecule has 1 saturated heterocycles. The van der Waals surface area contributed by atoms with Gasteiger partial charge in [-0.15, -0.1) is 0 Å².